The molecule has 0 aliphatic rings. The third-order valence-corrected chi connectivity index (χ3v) is 8.05. The molecule has 0 spiro atoms. The summed E-state index contributed by atoms with van der Waals surface area (Å²) in [5.41, 5.74) is 0. The fourth-order valence-electron chi connectivity index (χ4n) is 2.34. The normalized spacial score (nSPS) is 10.7. The Morgan fingerprint density at radius 2 is 1.33 bits per heavy atom. The van der Waals surface area contributed by atoms with Crippen molar-refractivity contribution in [3.05, 3.63) is 12.7 Å². The molecular weight excluding hydrogens is 356 g/mol. The number of carbonyl (C=O) groups excluding carboxylic acids is 1. The molecule has 0 unspecified atom stereocenters. The number of hydrogen-bond donors (Lipinski definition) is 0. The van der Waals surface area contributed by atoms with Gasteiger partial charge in [0.05, 0.1) is 0 Å². The van der Waals surface area contributed by atoms with Gasteiger partial charge in [-0.3, -0.25) is 0 Å². The minimum absolute atomic E-state index is 0.329. The van der Waals surface area contributed by atoms with Crippen molar-refractivity contribution < 1.29 is 9.53 Å². The van der Waals surface area contributed by atoms with E-state index >= 15 is 0 Å². The van der Waals surface area contributed by atoms with Gasteiger partial charge in [0.25, 0.3) is 0 Å². The first kappa shape index (κ1) is 24.3. The molecule has 0 aliphatic heterocycles. The summed E-state index contributed by atoms with van der Waals surface area (Å²) in [6.07, 6.45) is 18.1. The van der Waals surface area contributed by atoms with Gasteiger partial charge >= 0.3 is 5.97 Å². The molecule has 0 heterocycles. The van der Waals surface area contributed by atoms with Gasteiger partial charge in [0, 0.05) is 17.6 Å². The lowest BCUT2D eigenvalue weighted by Gasteiger charge is -2.03. The molecule has 0 N–H and O–H groups in total. The molecule has 2 nitrogen and oxygen atoms in total. The van der Waals surface area contributed by atoms with E-state index in [1.54, 1.807) is 10.8 Å². The van der Waals surface area contributed by atoms with Crippen molar-refractivity contribution >= 4 is 37.4 Å². The molecule has 0 amide bonds. The molecule has 0 aromatic heterocycles. The summed E-state index contributed by atoms with van der Waals surface area (Å²) in [7, 11) is 5.49. The molecule has 0 aromatic rings. The number of hydrogen-bond acceptors (Lipinski definition) is 5. The van der Waals surface area contributed by atoms with E-state index in [4.69, 9.17) is 4.74 Å². The van der Waals surface area contributed by atoms with Gasteiger partial charge in [-0.2, -0.15) is 0 Å². The Balaban J connectivity index is 3.00. The summed E-state index contributed by atoms with van der Waals surface area (Å²) in [6, 6.07) is 0. The molecular formula is C19H36O2S3. The minimum Gasteiger partial charge on any atom is -0.462 e. The lowest BCUT2D eigenvalue weighted by Crippen LogP contribution is -2.02. The molecule has 0 atom stereocenters. The lowest BCUT2D eigenvalue weighted by atomic mass is 10.1. The number of carbonyl (C=O) groups is 1. The van der Waals surface area contributed by atoms with Gasteiger partial charge in [-0.25, -0.2) is 4.79 Å². The van der Waals surface area contributed by atoms with Gasteiger partial charge in [0.1, 0.15) is 6.61 Å². The number of ether oxygens (including phenoxy) is 1. The van der Waals surface area contributed by atoms with Crippen LogP contribution in [0.4, 0.5) is 0 Å². The summed E-state index contributed by atoms with van der Waals surface area (Å²) in [6.45, 7) is 6.12. The predicted octanol–water partition coefficient (Wildman–Crippen LogP) is 7.45. The van der Waals surface area contributed by atoms with E-state index in [9.17, 15) is 4.79 Å². The molecule has 0 aliphatic carbocycles. The van der Waals surface area contributed by atoms with Crippen LogP contribution < -0.4 is 0 Å². The van der Waals surface area contributed by atoms with Crippen LogP contribution in [0.25, 0.3) is 0 Å². The van der Waals surface area contributed by atoms with Crippen molar-refractivity contribution in [1.29, 1.82) is 0 Å². The van der Waals surface area contributed by atoms with Crippen molar-refractivity contribution in [3.63, 3.8) is 0 Å². The highest BCUT2D eigenvalue weighted by atomic mass is 33.5. The lowest BCUT2D eigenvalue weighted by molar-refractivity contribution is -0.137. The number of rotatable bonds is 19. The predicted molar refractivity (Wildman–Crippen MR) is 115 cm³/mol. The van der Waals surface area contributed by atoms with E-state index < -0.39 is 0 Å². The molecule has 0 radical (unpaired) electrons. The zero-order valence-corrected chi connectivity index (χ0v) is 17.9. The van der Waals surface area contributed by atoms with Gasteiger partial charge in [-0.1, -0.05) is 106 Å². The Morgan fingerprint density at radius 3 is 1.88 bits per heavy atom. The third kappa shape index (κ3) is 20.3. The first-order valence-electron chi connectivity index (χ1n) is 9.51. The Labute approximate surface area is 161 Å². The highest BCUT2D eigenvalue weighted by molar-refractivity contribution is 9.09. The van der Waals surface area contributed by atoms with Gasteiger partial charge in [-0.15, -0.1) is 0 Å². The van der Waals surface area contributed by atoms with Crippen LogP contribution in [0.3, 0.4) is 0 Å². The molecule has 142 valence electrons. The zero-order chi connectivity index (χ0) is 17.7. The molecule has 0 bridgehead atoms. The number of unbranched alkanes of at least 4 members (excludes halogenated alkanes) is 11. The molecule has 24 heavy (non-hydrogen) atoms. The van der Waals surface area contributed by atoms with Crippen LogP contribution in [0, 0.1) is 0 Å². The van der Waals surface area contributed by atoms with E-state index in [2.05, 4.69) is 13.5 Å². The maximum absolute atomic E-state index is 10.8. The zero-order valence-electron chi connectivity index (χ0n) is 15.4. The largest absolute Gasteiger partial charge is 0.462 e. The summed E-state index contributed by atoms with van der Waals surface area (Å²) >= 11 is 0. The molecule has 0 rings (SSSR count). The highest BCUT2D eigenvalue weighted by Gasteiger charge is 1.97. The van der Waals surface area contributed by atoms with Gasteiger partial charge in [-0.05, 0) is 16.2 Å². The summed E-state index contributed by atoms with van der Waals surface area (Å²) < 4.78 is 4.92. The molecule has 0 saturated heterocycles. The van der Waals surface area contributed by atoms with Crippen LogP contribution in [0.2, 0.25) is 0 Å². The van der Waals surface area contributed by atoms with Crippen LogP contribution in [0.5, 0.6) is 0 Å². The van der Waals surface area contributed by atoms with Crippen molar-refractivity contribution in [2.45, 2.75) is 84.0 Å². The summed E-state index contributed by atoms with van der Waals surface area (Å²) in [5, 5.41) is 0. The van der Waals surface area contributed by atoms with E-state index in [0.717, 1.165) is 5.75 Å². The average Bonchev–Trinajstić information content (AvgIpc) is 2.60. The molecule has 0 saturated carbocycles. The monoisotopic (exact) mass is 392 g/mol. The van der Waals surface area contributed by atoms with E-state index in [1.807, 2.05) is 20.6 Å². The second-order valence-electron chi connectivity index (χ2n) is 5.97. The first-order valence-corrected chi connectivity index (χ1v) is 13.3. The van der Waals surface area contributed by atoms with Crippen LogP contribution >= 0.6 is 31.4 Å². The molecule has 5 heteroatoms. The van der Waals surface area contributed by atoms with Crippen molar-refractivity contribution in [3.8, 4) is 0 Å². The Bertz CT molecular complexity index is 286. The number of esters is 1. The first-order chi connectivity index (χ1) is 11.8. The molecule has 0 aromatic carbocycles. The quantitative estimate of drug-likeness (QED) is 0.0984. The smallest absolute Gasteiger partial charge is 0.330 e. The van der Waals surface area contributed by atoms with Crippen LogP contribution in [-0.2, 0) is 9.53 Å². The Kier molecular flexibility index (Phi) is 21.5. The van der Waals surface area contributed by atoms with Crippen LogP contribution in [-0.4, -0.2) is 24.1 Å². The topological polar surface area (TPSA) is 26.3 Å². The maximum Gasteiger partial charge on any atom is 0.330 e. The standard InChI is InChI=1S/C19H36O2S3/c1-3-5-6-7-8-9-10-11-12-13-14-15-17-22-24-23-18-16-21-19(20)4-2/h4H,2-3,5-18H2,1H3. The van der Waals surface area contributed by atoms with Gasteiger partial charge in [0.15, 0.2) is 0 Å². The average molecular weight is 393 g/mol. The minimum atomic E-state index is -0.329. The van der Waals surface area contributed by atoms with Crippen LogP contribution in [0.1, 0.15) is 84.0 Å². The maximum atomic E-state index is 10.8. The second-order valence-corrected chi connectivity index (χ2v) is 10.4. The van der Waals surface area contributed by atoms with E-state index in [0.29, 0.717) is 6.61 Å². The van der Waals surface area contributed by atoms with E-state index in [-0.39, 0.29) is 5.97 Å². The van der Waals surface area contributed by atoms with Crippen molar-refractivity contribution in [2.24, 2.45) is 0 Å². The van der Waals surface area contributed by atoms with Gasteiger partial charge in [0.2, 0.25) is 0 Å². The summed E-state index contributed by atoms with van der Waals surface area (Å²) in [5.74, 6) is 1.74. The Hall–Kier alpha value is 0.260. The Morgan fingerprint density at radius 1 is 0.833 bits per heavy atom. The van der Waals surface area contributed by atoms with Crippen molar-refractivity contribution in [2.75, 3.05) is 18.1 Å². The third-order valence-electron chi connectivity index (χ3n) is 3.76. The fourth-order valence-corrected chi connectivity index (χ4v) is 6.02. The van der Waals surface area contributed by atoms with Crippen molar-refractivity contribution in [1.82, 2.24) is 0 Å². The molecule has 0 fully saturated rings. The highest BCUT2D eigenvalue weighted by Crippen LogP contribution is 2.34. The van der Waals surface area contributed by atoms with Crippen LogP contribution in [0.15, 0.2) is 12.7 Å². The van der Waals surface area contributed by atoms with Gasteiger partial charge < -0.3 is 4.74 Å². The SMILES string of the molecule is C=CC(=O)OCCSSSCCCCCCCCCCCCCC. The second kappa shape index (κ2) is 21.3. The fraction of sp³-hybridized carbons (Fsp3) is 0.842. The summed E-state index contributed by atoms with van der Waals surface area (Å²) in [4.78, 5) is 10.8. The van der Waals surface area contributed by atoms with E-state index in [1.165, 1.54) is 88.9 Å².